The molecule has 1 aromatic carbocycles. The van der Waals surface area contributed by atoms with E-state index in [2.05, 4.69) is 21.8 Å². The van der Waals surface area contributed by atoms with Gasteiger partial charge in [-0.25, -0.2) is 9.97 Å². The maximum Gasteiger partial charge on any atom is 0.253 e. The summed E-state index contributed by atoms with van der Waals surface area (Å²) in [5.41, 5.74) is 2.87. The lowest BCUT2D eigenvalue weighted by Gasteiger charge is -2.21. The minimum atomic E-state index is 0.0146. The summed E-state index contributed by atoms with van der Waals surface area (Å²) in [6.45, 7) is 5.59. The minimum absolute atomic E-state index is 0.0146. The highest BCUT2D eigenvalue weighted by Gasteiger charge is 2.10. The van der Waals surface area contributed by atoms with Gasteiger partial charge in [0, 0.05) is 45.1 Å². The molecule has 0 aliphatic rings. The highest BCUT2D eigenvalue weighted by Crippen LogP contribution is 2.13. The number of hydrogen-bond acceptors (Lipinski definition) is 4. The van der Waals surface area contributed by atoms with Gasteiger partial charge in [0.15, 0.2) is 0 Å². The van der Waals surface area contributed by atoms with Gasteiger partial charge in [0.1, 0.15) is 0 Å². The van der Waals surface area contributed by atoms with E-state index in [0.29, 0.717) is 5.56 Å². The van der Waals surface area contributed by atoms with Crippen molar-refractivity contribution in [2.24, 2.45) is 0 Å². The van der Waals surface area contributed by atoms with Gasteiger partial charge in [-0.1, -0.05) is 12.1 Å². The summed E-state index contributed by atoms with van der Waals surface area (Å²) < 4.78 is 0. The van der Waals surface area contributed by atoms with Crippen LogP contribution in [0.2, 0.25) is 0 Å². The molecule has 0 fully saturated rings. The molecule has 0 unspecified atom stereocenters. The van der Waals surface area contributed by atoms with Gasteiger partial charge in [0.05, 0.1) is 0 Å². The molecule has 2 aromatic rings. The van der Waals surface area contributed by atoms with Crippen molar-refractivity contribution in [3.8, 4) is 0 Å². The maximum absolute atomic E-state index is 11.9. The Hall–Kier alpha value is -2.43. The van der Waals surface area contributed by atoms with Crippen LogP contribution in [0.1, 0.15) is 28.4 Å². The molecular weight excluding hydrogens is 276 g/mol. The number of aryl methyl sites for hydroxylation is 1. The predicted molar refractivity (Wildman–Crippen MR) is 88.0 cm³/mol. The first-order chi connectivity index (χ1) is 10.5. The summed E-state index contributed by atoms with van der Waals surface area (Å²) in [5, 5.41) is 0. The Morgan fingerprint density at radius 3 is 2.18 bits per heavy atom. The molecule has 0 saturated heterocycles. The number of benzene rings is 1. The Bertz CT molecular complexity index is 620. The molecule has 0 aliphatic carbocycles. The van der Waals surface area contributed by atoms with Gasteiger partial charge in [0.25, 0.3) is 5.91 Å². The SMILES string of the molecule is CCN(Cc1ccc(C(=O)N(C)C)cc1)c1ncc(C)cn1. The highest BCUT2D eigenvalue weighted by molar-refractivity contribution is 5.93. The molecule has 1 heterocycles. The third-order valence-electron chi connectivity index (χ3n) is 3.41. The summed E-state index contributed by atoms with van der Waals surface area (Å²) >= 11 is 0. The third-order valence-corrected chi connectivity index (χ3v) is 3.41. The van der Waals surface area contributed by atoms with Crippen LogP contribution < -0.4 is 4.90 Å². The lowest BCUT2D eigenvalue weighted by Crippen LogP contribution is -2.24. The van der Waals surface area contributed by atoms with Gasteiger partial charge >= 0.3 is 0 Å². The average molecular weight is 298 g/mol. The van der Waals surface area contributed by atoms with Crippen LogP contribution in [-0.4, -0.2) is 41.4 Å². The summed E-state index contributed by atoms with van der Waals surface area (Å²) in [6, 6.07) is 7.68. The van der Waals surface area contributed by atoms with Gasteiger partial charge in [-0.05, 0) is 37.1 Å². The van der Waals surface area contributed by atoms with Gasteiger partial charge in [-0.2, -0.15) is 0 Å². The summed E-state index contributed by atoms with van der Waals surface area (Å²) in [7, 11) is 3.51. The Morgan fingerprint density at radius 2 is 1.68 bits per heavy atom. The Labute approximate surface area is 131 Å². The van der Waals surface area contributed by atoms with Gasteiger partial charge in [0.2, 0.25) is 5.95 Å². The third kappa shape index (κ3) is 3.81. The molecule has 0 saturated carbocycles. The van der Waals surface area contributed by atoms with Crippen molar-refractivity contribution >= 4 is 11.9 Å². The largest absolute Gasteiger partial charge is 0.345 e. The fourth-order valence-corrected chi connectivity index (χ4v) is 2.10. The molecule has 0 bridgehead atoms. The second-order valence-electron chi connectivity index (χ2n) is 5.47. The zero-order valence-corrected chi connectivity index (χ0v) is 13.6. The number of amides is 1. The number of nitrogens with zero attached hydrogens (tertiary/aromatic N) is 4. The number of carbonyl (C=O) groups excluding carboxylic acids is 1. The molecule has 22 heavy (non-hydrogen) atoms. The second-order valence-corrected chi connectivity index (χ2v) is 5.47. The first-order valence-corrected chi connectivity index (χ1v) is 7.35. The van der Waals surface area contributed by atoms with Gasteiger partial charge < -0.3 is 9.80 Å². The second kappa shape index (κ2) is 7.02. The average Bonchev–Trinajstić information content (AvgIpc) is 2.53. The normalized spacial score (nSPS) is 10.4. The van der Waals surface area contributed by atoms with Crippen molar-refractivity contribution in [2.75, 3.05) is 25.5 Å². The van der Waals surface area contributed by atoms with E-state index in [4.69, 9.17) is 0 Å². The first kappa shape index (κ1) is 15.9. The molecule has 1 amide bonds. The lowest BCUT2D eigenvalue weighted by atomic mass is 10.1. The van der Waals surface area contributed by atoms with Crippen LogP contribution in [0, 0.1) is 6.92 Å². The first-order valence-electron chi connectivity index (χ1n) is 7.35. The molecule has 0 radical (unpaired) electrons. The van der Waals surface area contributed by atoms with Crippen LogP contribution in [0.15, 0.2) is 36.7 Å². The fourth-order valence-electron chi connectivity index (χ4n) is 2.10. The zero-order valence-electron chi connectivity index (χ0n) is 13.6. The Kier molecular flexibility index (Phi) is 5.09. The summed E-state index contributed by atoms with van der Waals surface area (Å²) in [4.78, 5) is 24.3. The van der Waals surface area contributed by atoms with E-state index >= 15 is 0 Å². The monoisotopic (exact) mass is 298 g/mol. The van der Waals surface area contributed by atoms with E-state index in [1.807, 2.05) is 43.6 Å². The van der Waals surface area contributed by atoms with Crippen molar-refractivity contribution in [1.29, 1.82) is 0 Å². The van der Waals surface area contributed by atoms with E-state index in [9.17, 15) is 4.79 Å². The van der Waals surface area contributed by atoms with Crippen LogP contribution in [0.5, 0.6) is 0 Å². The van der Waals surface area contributed by atoms with Gasteiger partial charge in [-0.3, -0.25) is 4.79 Å². The fraction of sp³-hybridized carbons (Fsp3) is 0.353. The predicted octanol–water partition coefficient (Wildman–Crippen LogP) is 2.51. The van der Waals surface area contributed by atoms with E-state index < -0.39 is 0 Å². The van der Waals surface area contributed by atoms with Crippen molar-refractivity contribution in [1.82, 2.24) is 14.9 Å². The maximum atomic E-state index is 11.9. The number of rotatable bonds is 5. The van der Waals surface area contributed by atoms with Crippen molar-refractivity contribution < 1.29 is 4.79 Å². The van der Waals surface area contributed by atoms with E-state index in [-0.39, 0.29) is 5.91 Å². The van der Waals surface area contributed by atoms with E-state index in [1.165, 1.54) is 0 Å². The molecule has 116 valence electrons. The van der Waals surface area contributed by atoms with E-state index in [0.717, 1.165) is 30.2 Å². The molecule has 5 nitrogen and oxygen atoms in total. The molecule has 1 aromatic heterocycles. The molecular formula is C17H22N4O. The van der Waals surface area contributed by atoms with Crippen LogP contribution in [0.3, 0.4) is 0 Å². The quantitative estimate of drug-likeness (QED) is 0.851. The number of hydrogen-bond donors (Lipinski definition) is 0. The van der Waals surface area contributed by atoms with Crippen LogP contribution in [0.25, 0.3) is 0 Å². The molecule has 5 heteroatoms. The van der Waals surface area contributed by atoms with Crippen molar-refractivity contribution in [2.45, 2.75) is 20.4 Å². The van der Waals surface area contributed by atoms with Crippen molar-refractivity contribution in [3.63, 3.8) is 0 Å². The lowest BCUT2D eigenvalue weighted by molar-refractivity contribution is 0.0827. The number of aromatic nitrogens is 2. The molecule has 2 rings (SSSR count). The molecule has 0 atom stereocenters. The minimum Gasteiger partial charge on any atom is -0.345 e. The highest BCUT2D eigenvalue weighted by atomic mass is 16.2. The number of anilines is 1. The summed E-state index contributed by atoms with van der Waals surface area (Å²) in [5.74, 6) is 0.738. The zero-order chi connectivity index (χ0) is 16.1. The summed E-state index contributed by atoms with van der Waals surface area (Å²) in [6.07, 6.45) is 3.65. The Balaban J connectivity index is 2.11. The van der Waals surface area contributed by atoms with E-state index in [1.54, 1.807) is 19.0 Å². The smallest absolute Gasteiger partial charge is 0.253 e. The Morgan fingerprint density at radius 1 is 1.09 bits per heavy atom. The van der Waals surface area contributed by atoms with Gasteiger partial charge in [-0.15, -0.1) is 0 Å². The van der Waals surface area contributed by atoms with Crippen molar-refractivity contribution in [3.05, 3.63) is 53.3 Å². The molecule has 0 spiro atoms. The number of carbonyl (C=O) groups is 1. The van der Waals surface area contributed by atoms with Crippen LogP contribution in [-0.2, 0) is 6.54 Å². The van der Waals surface area contributed by atoms with Crippen LogP contribution >= 0.6 is 0 Å². The topological polar surface area (TPSA) is 49.3 Å². The van der Waals surface area contributed by atoms with Crippen LogP contribution in [0.4, 0.5) is 5.95 Å². The standard InChI is InChI=1S/C17H22N4O/c1-5-21(17-18-10-13(2)11-19-17)12-14-6-8-15(9-7-14)16(22)20(3)4/h6-11H,5,12H2,1-4H3. The molecule has 0 aliphatic heterocycles. The molecule has 0 N–H and O–H groups in total.